The largest absolute Gasteiger partial charge is 0.392 e. The van der Waals surface area contributed by atoms with Crippen molar-refractivity contribution in [2.24, 2.45) is 5.16 Å². The van der Waals surface area contributed by atoms with E-state index in [9.17, 15) is 0 Å². The van der Waals surface area contributed by atoms with Crippen LogP contribution in [-0.2, 0) is 4.84 Å². The third-order valence-electron chi connectivity index (χ3n) is 0.858. The van der Waals surface area contributed by atoms with E-state index in [0.717, 1.165) is 12.0 Å². The van der Waals surface area contributed by atoms with Crippen molar-refractivity contribution in [2.45, 2.75) is 20.3 Å². The molecule has 0 fully saturated rings. The van der Waals surface area contributed by atoms with Crippen LogP contribution in [0.15, 0.2) is 10.7 Å². The normalized spacial score (nSPS) is 7.38. The van der Waals surface area contributed by atoms with Crippen LogP contribution in [0, 0.1) is 0 Å². The van der Waals surface area contributed by atoms with Gasteiger partial charge in [-0.05, 0) is 24.1 Å². The summed E-state index contributed by atoms with van der Waals surface area (Å²) in [4.78, 5) is 4.41. The Morgan fingerprint density at radius 3 is 2.75 bits per heavy atom. The first-order valence-corrected chi connectivity index (χ1v) is 2.63. The Kier molecular flexibility index (Phi) is 4.00. The van der Waals surface area contributed by atoms with Crippen LogP contribution in [0.2, 0.25) is 0 Å². The zero-order chi connectivity index (χ0) is 6.41. The molecule has 0 heterocycles. The highest BCUT2D eigenvalue weighted by Gasteiger charge is 1.76. The lowest BCUT2D eigenvalue weighted by atomic mass is 10.3. The summed E-state index contributed by atoms with van der Waals surface area (Å²) < 4.78 is 0. The summed E-state index contributed by atoms with van der Waals surface area (Å²) in [5.41, 5.74) is 1.10. The molecular formula is C6H11NO. The van der Waals surface area contributed by atoms with Crippen LogP contribution >= 0.6 is 0 Å². The molecule has 0 saturated heterocycles. The fraction of sp³-hybridized carbons (Fsp3) is 0.667. The highest BCUT2D eigenvalue weighted by atomic mass is 16.6. The Morgan fingerprint density at radius 1 is 1.75 bits per heavy atom. The van der Waals surface area contributed by atoms with Gasteiger partial charge >= 0.3 is 0 Å². The van der Waals surface area contributed by atoms with Crippen LogP contribution in [0.5, 0.6) is 0 Å². The summed E-state index contributed by atoms with van der Waals surface area (Å²) >= 11 is 0. The summed E-state index contributed by atoms with van der Waals surface area (Å²) in [6.07, 6.45) is 0.979. The van der Waals surface area contributed by atoms with Crippen molar-refractivity contribution in [3.63, 3.8) is 0 Å². The predicted octanol–water partition coefficient (Wildman–Crippen LogP) is 1.57. The molecule has 2 heteroatoms. The molecular weight excluding hydrogens is 102 g/mol. The molecule has 0 atom stereocenters. The van der Waals surface area contributed by atoms with Gasteiger partial charge in [-0.1, -0.05) is 6.92 Å². The first-order valence-electron chi connectivity index (χ1n) is 2.63. The third kappa shape index (κ3) is 3.44. The Morgan fingerprint density at radius 2 is 2.38 bits per heavy atom. The Labute approximate surface area is 49.8 Å². The number of hydrogen-bond acceptors (Lipinski definition) is 2. The number of nitrogens with zero attached hydrogens (tertiary/aromatic N) is 1. The smallest absolute Gasteiger partial charge is 0.107 e. The van der Waals surface area contributed by atoms with E-state index in [4.69, 9.17) is 0 Å². The van der Waals surface area contributed by atoms with Gasteiger partial charge in [0, 0.05) is 5.87 Å². The molecule has 0 aliphatic heterocycles. The average Bonchev–Trinajstić information content (AvgIpc) is 1.83. The van der Waals surface area contributed by atoms with E-state index >= 15 is 0 Å². The SMILES string of the molecule is CCC(C)=C=NOC. The first kappa shape index (κ1) is 7.25. The molecule has 0 saturated carbocycles. The fourth-order valence-electron chi connectivity index (χ4n) is 0.203. The van der Waals surface area contributed by atoms with Crippen molar-refractivity contribution in [3.8, 4) is 0 Å². The standard InChI is InChI=1S/C6H11NO/c1-4-6(2)5-7-8-3/h4H2,1-3H3. The molecule has 0 aromatic carbocycles. The molecule has 0 radical (unpaired) electrons. The van der Waals surface area contributed by atoms with Gasteiger partial charge in [0.05, 0.1) is 0 Å². The third-order valence-corrected chi connectivity index (χ3v) is 0.858. The molecule has 0 spiro atoms. The van der Waals surface area contributed by atoms with Crippen molar-refractivity contribution in [2.75, 3.05) is 7.11 Å². The maximum absolute atomic E-state index is 4.41. The van der Waals surface area contributed by atoms with Crippen LogP contribution in [0.25, 0.3) is 0 Å². The van der Waals surface area contributed by atoms with Gasteiger partial charge in [0.1, 0.15) is 7.11 Å². The van der Waals surface area contributed by atoms with Crippen molar-refractivity contribution in [1.29, 1.82) is 0 Å². The van der Waals surface area contributed by atoms with E-state index < -0.39 is 0 Å². The van der Waals surface area contributed by atoms with Gasteiger partial charge in [0.25, 0.3) is 0 Å². The van der Waals surface area contributed by atoms with Crippen LogP contribution in [0.1, 0.15) is 20.3 Å². The molecule has 0 rings (SSSR count). The van der Waals surface area contributed by atoms with Crippen molar-refractivity contribution < 1.29 is 4.84 Å². The zero-order valence-corrected chi connectivity index (χ0v) is 5.56. The van der Waals surface area contributed by atoms with Gasteiger partial charge in [-0.25, -0.2) is 0 Å². The Hall–Kier alpha value is -0.750. The zero-order valence-electron chi connectivity index (χ0n) is 5.56. The van der Waals surface area contributed by atoms with Crippen LogP contribution in [-0.4, -0.2) is 13.0 Å². The second kappa shape index (κ2) is 4.41. The lowest BCUT2D eigenvalue weighted by molar-refractivity contribution is 0.216. The molecule has 0 amide bonds. The van der Waals surface area contributed by atoms with E-state index in [0.29, 0.717) is 0 Å². The van der Waals surface area contributed by atoms with Crippen LogP contribution < -0.4 is 0 Å². The highest BCUT2D eigenvalue weighted by Crippen LogP contribution is 1.89. The van der Waals surface area contributed by atoms with E-state index in [-0.39, 0.29) is 0 Å². The molecule has 0 aromatic rings. The molecule has 2 nitrogen and oxygen atoms in total. The maximum Gasteiger partial charge on any atom is 0.107 e. The first-order chi connectivity index (χ1) is 3.81. The average molecular weight is 113 g/mol. The highest BCUT2D eigenvalue weighted by molar-refractivity contribution is 5.55. The minimum Gasteiger partial charge on any atom is -0.392 e. The molecule has 8 heavy (non-hydrogen) atoms. The topological polar surface area (TPSA) is 21.6 Å². The molecule has 0 unspecified atom stereocenters. The van der Waals surface area contributed by atoms with E-state index in [1.165, 1.54) is 7.11 Å². The molecule has 0 aliphatic rings. The minimum absolute atomic E-state index is 0.979. The van der Waals surface area contributed by atoms with Gasteiger partial charge in [-0.3, -0.25) is 0 Å². The predicted molar refractivity (Wildman–Crippen MR) is 33.9 cm³/mol. The summed E-state index contributed by atoms with van der Waals surface area (Å²) in [6, 6.07) is 0. The van der Waals surface area contributed by atoms with E-state index in [1.807, 2.05) is 13.8 Å². The van der Waals surface area contributed by atoms with Crippen molar-refractivity contribution >= 4 is 5.87 Å². The fourth-order valence-corrected chi connectivity index (χ4v) is 0.203. The van der Waals surface area contributed by atoms with Crippen molar-refractivity contribution in [1.82, 2.24) is 0 Å². The number of rotatable bonds is 2. The summed E-state index contributed by atoms with van der Waals surface area (Å²) in [5, 5.41) is 3.46. The van der Waals surface area contributed by atoms with E-state index in [2.05, 4.69) is 15.9 Å². The van der Waals surface area contributed by atoms with Gasteiger partial charge in [-0.2, -0.15) is 0 Å². The monoisotopic (exact) mass is 113 g/mol. The Balaban J connectivity index is 3.72. The quantitative estimate of drug-likeness (QED) is 0.393. The molecule has 46 valence electrons. The number of hydrogen-bond donors (Lipinski definition) is 0. The molecule has 0 aromatic heterocycles. The number of allylic oxidation sites excluding steroid dienone is 1. The van der Waals surface area contributed by atoms with Gasteiger partial charge in [0.2, 0.25) is 0 Å². The Bertz CT molecular complexity index is 112. The van der Waals surface area contributed by atoms with Gasteiger partial charge in [0.15, 0.2) is 0 Å². The van der Waals surface area contributed by atoms with Gasteiger partial charge < -0.3 is 4.84 Å². The van der Waals surface area contributed by atoms with Crippen LogP contribution in [0.4, 0.5) is 0 Å². The minimum atomic E-state index is 0.979. The second-order valence-corrected chi connectivity index (χ2v) is 1.52. The molecule has 0 aliphatic carbocycles. The van der Waals surface area contributed by atoms with Gasteiger partial charge in [-0.15, -0.1) is 0 Å². The molecule has 0 N–H and O–H groups in total. The van der Waals surface area contributed by atoms with Crippen LogP contribution in [0.3, 0.4) is 0 Å². The lowest BCUT2D eigenvalue weighted by Crippen LogP contribution is -1.71. The summed E-state index contributed by atoms with van der Waals surface area (Å²) in [6.45, 7) is 4.01. The van der Waals surface area contributed by atoms with E-state index in [1.54, 1.807) is 0 Å². The van der Waals surface area contributed by atoms with Crippen molar-refractivity contribution in [3.05, 3.63) is 5.57 Å². The second-order valence-electron chi connectivity index (χ2n) is 1.52. The summed E-state index contributed by atoms with van der Waals surface area (Å²) in [5.74, 6) is 2.70. The maximum atomic E-state index is 4.41. The molecule has 0 bridgehead atoms. The lowest BCUT2D eigenvalue weighted by Gasteiger charge is -1.82. The summed E-state index contributed by atoms with van der Waals surface area (Å²) in [7, 11) is 1.51.